The van der Waals surface area contributed by atoms with Crippen LogP contribution in [-0.4, -0.2) is 40.6 Å². The van der Waals surface area contributed by atoms with Gasteiger partial charge in [0.2, 0.25) is 0 Å². The summed E-state index contributed by atoms with van der Waals surface area (Å²) in [5.74, 6) is 0.361. The van der Waals surface area contributed by atoms with Gasteiger partial charge < -0.3 is 10.3 Å². The molecule has 3 aromatic rings. The largest absolute Gasteiger partial charge is 0.351 e. The van der Waals surface area contributed by atoms with E-state index in [9.17, 15) is 13.2 Å². The zero-order valence-corrected chi connectivity index (χ0v) is 15.6. The van der Waals surface area contributed by atoms with Gasteiger partial charge in [-0.3, -0.25) is 4.79 Å². The number of hydrogen-bond donors (Lipinski definition) is 2. The van der Waals surface area contributed by atoms with Gasteiger partial charge in [-0.05, 0) is 37.6 Å². The number of carbonyl (C=O) groups excluding carboxylic acids is 1. The first-order chi connectivity index (χ1) is 12.3. The number of sulfone groups is 1. The zero-order chi connectivity index (χ0) is 18.5. The molecule has 7 nitrogen and oxygen atoms in total. The first kappa shape index (κ1) is 17.1. The van der Waals surface area contributed by atoms with Crippen LogP contribution in [0.4, 0.5) is 5.82 Å². The molecule has 0 radical (unpaired) electrons. The molecule has 0 bridgehead atoms. The molecule has 1 fully saturated rings. The molecular formula is C17H17ClN4O3S. The Kier molecular flexibility index (Phi) is 4.04. The van der Waals surface area contributed by atoms with E-state index in [1.165, 1.54) is 0 Å². The minimum Gasteiger partial charge on any atom is -0.351 e. The molecular weight excluding hydrogens is 376 g/mol. The summed E-state index contributed by atoms with van der Waals surface area (Å²) in [4.78, 5) is 15.7. The third-order valence-electron chi connectivity index (χ3n) is 4.48. The number of carbonyl (C=O) groups is 1. The van der Waals surface area contributed by atoms with Gasteiger partial charge in [-0.25, -0.2) is 13.1 Å². The highest BCUT2D eigenvalue weighted by Gasteiger charge is 2.31. The van der Waals surface area contributed by atoms with E-state index in [1.807, 2.05) is 6.07 Å². The van der Waals surface area contributed by atoms with Gasteiger partial charge in [0, 0.05) is 22.0 Å². The molecule has 3 heterocycles. The van der Waals surface area contributed by atoms with Crippen LogP contribution in [0.15, 0.2) is 30.3 Å². The summed E-state index contributed by atoms with van der Waals surface area (Å²) in [7, 11) is -3.05. The van der Waals surface area contributed by atoms with E-state index in [2.05, 4.69) is 15.4 Å². The molecule has 0 saturated carbocycles. The number of anilines is 1. The van der Waals surface area contributed by atoms with E-state index < -0.39 is 9.84 Å². The molecule has 1 saturated heterocycles. The van der Waals surface area contributed by atoms with Gasteiger partial charge in [0.25, 0.3) is 5.91 Å². The van der Waals surface area contributed by atoms with Crippen LogP contribution in [0.3, 0.4) is 0 Å². The Morgan fingerprint density at radius 2 is 2.15 bits per heavy atom. The van der Waals surface area contributed by atoms with Crippen molar-refractivity contribution in [1.29, 1.82) is 0 Å². The Bertz CT molecular complexity index is 1120. The predicted molar refractivity (Wildman–Crippen MR) is 101 cm³/mol. The summed E-state index contributed by atoms with van der Waals surface area (Å²) in [6.45, 7) is 1.81. The SMILES string of the molecule is Cc1cc(NC(=O)c2cc3cc(Cl)ccc3[nH]2)n(C2CCS(=O)(=O)C2)n1. The first-order valence-corrected chi connectivity index (χ1v) is 10.4. The summed E-state index contributed by atoms with van der Waals surface area (Å²) in [6.07, 6.45) is 0.497. The summed E-state index contributed by atoms with van der Waals surface area (Å²) in [6, 6.07) is 8.55. The van der Waals surface area contributed by atoms with Crippen LogP contribution in [0.1, 0.15) is 28.6 Å². The lowest BCUT2D eigenvalue weighted by atomic mass is 10.2. The molecule has 1 unspecified atom stereocenters. The normalized spacial score (nSPS) is 19.1. The molecule has 1 amide bonds. The molecule has 0 aliphatic carbocycles. The van der Waals surface area contributed by atoms with Crippen molar-refractivity contribution in [1.82, 2.24) is 14.8 Å². The minimum absolute atomic E-state index is 0.0435. The standard InChI is InChI=1S/C17H17ClN4O3S/c1-10-6-16(22(21-10)13-4-5-26(24,25)9-13)20-17(23)15-8-11-7-12(18)2-3-14(11)19-15/h2-3,6-8,13,19H,4-5,9H2,1H3,(H,20,23). The average Bonchev–Trinajstić information content (AvgIpc) is 3.23. The number of hydrogen-bond acceptors (Lipinski definition) is 4. The van der Waals surface area contributed by atoms with Gasteiger partial charge in [-0.2, -0.15) is 5.10 Å². The van der Waals surface area contributed by atoms with Crippen molar-refractivity contribution in [2.45, 2.75) is 19.4 Å². The smallest absolute Gasteiger partial charge is 0.273 e. The van der Waals surface area contributed by atoms with Crippen molar-refractivity contribution < 1.29 is 13.2 Å². The molecule has 136 valence electrons. The van der Waals surface area contributed by atoms with Crippen molar-refractivity contribution in [3.63, 3.8) is 0 Å². The van der Waals surface area contributed by atoms with E-state index in [4.69, 9.17) is 11.6 Å². The van der Waals surface area contributed by atoms with E-state index in [1.54, 1.807) is 35.9 Å². The minimum atomic E-state index is -3.05. The second-order valence-corrected chi connectivity index (χ2v) is 9.21. The number of aryl methyl sites for hydroxylation is 1. The Balaban J connectivity index is 1.61. The highest BCUT2D eigenvalue weighted by atomic mass is 35.5. The fraction of sp³-hybridized carbons (Fsp3) is 0.294. The highest BCUT2D eigenvalue weighted by molar-refractivity contribution is 7.91. The number of aromatic nitrogens is 3. The van der Waals surface area contributed by atoms with Crippen molar-refractivity contribution in [3.05, 3.63) is 46.7 Å². The first-order valence-electron chi connectivity index (χ1n) is 8.17. The maximum atomic E-state index is 12.6. The molecule has 1 aliphatic rings. The van der Waals surface area contributed by atoms with E-state index in [-0.39, 0.29) is 23.5 Å². The molecule has 1 atom stereocenters. The lowest BCUT2D eigenvalue weighted by Gasteiger charge is -2.13. The quantitative estimate of drug-likeness (QED) is 0.716. The lowest BCUT2D eigenvalue weighted by Crippen LogP contribution is -2.19. The number of aromatic amines is 1. The van der Waals surface area contributed by atoms with E-state index >= 15 is 0 Å². The van der Waals surface area contributed by atoms with Crippen LogP contribution in [-0.2, 0) is 9.84 Å². The highest BCUT2D eigenvalue weighted by Crippen LogP contribution is 2.27. The zero-order valence-electron chi connectivity index (χ0n) is 14.0. The molecule has 4 rings (SSSR count). The molecule has 2 N–H and O–H groups in total. The third kappa shape index (κ3) is 3.22. The Labute approximate surface area is 155 Å². The maximum absolute atomic E-state index is 12.6. The van der Waals surface area contributed by atoms with Gasteiger partial charge in [-0.1, -0.05) is 11.6 Å². The number of benzene rings is 1. The number of H-pyrrole nitrogens is 1. The number of halogens is 1. The maximum Gasteiger partial charge on any atom is 0.273 e. The van der Waals surface area contributed by atoms with Crippen LogP contribution in [0.5, 0.6) is 0 Å². The number of nitrogens with zero attached hydrogens (tertiary/aromatic N) is 2. The summed E-state index contributed by atoms with van der Waals surface area (Å²) < 4.78 is 25.1. The average molecular weight is 393 g/mol. The van der Waals surface area contributed by atoms with Crippen LogP contribution in [0.25, 0.3) is 10.9 Å². The van der Waals surface area contributed by atoms with Crippen molar-refractivity contribution in [2.24, 2.45) is 0 Å². The number of rotatable bonds is 3. The lowest BCUT2D eigenvalue weighted by molar-refractivity contribution is 0.102. The topological polar surface area (TPSA) is 96.9 Å². The summed E-state index contributed by atoms with van der Waals surface area (Å²) in [5.41, 5.74) is 1.92. The van der Waals surface area contributed by atoms with Crippen molar-refractivity contribution in [3.8, 4) is 0 Å². The van der Waals surface area contributed by atoms with Gasteiger partial charge in [0.1, 0.15) is 11.5 Å². The molecule has 1 aliphatic heterocycles. The number of fused-ring (bicyclic) bond motifs is 1. The van der Waals surface area contributed by atoms with Crippen molar-refractivity contribution >= 4 is 44.1 Å². The van der Waals surface area contributed by atoms with Gasteiger partial charge in [-0.15, -0.1) is 0 Å². The second-order valence-electron chi connectivity index (χ2n) is 6.54. The van der Waals surface area contributed by atoms with Gasteiger partial charge in [0.15, 0.2) is 9.84 Å². The molecule has 1 aromatic carbocycles. The molecule has 0 spiro atoms. The fourth-order valence-electron chi connectivity index (χ4n) is 3.27. The van der Waals surface area contributed by atoms with Crippen LogP contribution < -0.4 is 5.32 Å². The molecule has 26 heavy (non-hydrogen) atoms. The van der Waals surface area contributed by atoms with E-state index in [0.29, 0.717) is 28.6 Å². The van der Waals surface area contributed by atoms with Crippen LogP contribution in [0.2, 0.25) is 5.02 Å². The van der Waals surface area contributed by atoms with Crippen LogP contribution >= 0.6 is 11.6 Å². The Hall–Kier alpha value is -2.32. The Morgan fingerprint density at radius 3 is 2.88 bits per heavy atom. The summed E-state index contributed by atoms with van der Waals surface area (Å²) >= 11 is 5.98. The second kappa shape index (κ2) is 6.14. The van der Waals surface area contributed by atoms with E-state index in [0.717, 1.165) is 10.9 Å². The molecule has 2 aromatic heterocycles. The third-order valence-corrected chi connectivity index (χ3v) is 6.47. The van der Waals surface area contributed by atoms with Gasteiger partial charge >= 0.3 is 0 Å². The number of amides is 1. The van der Waals surface area contributed by atoms with Gasteiger partial charge in [0.05, 0.1) is 23.2 Å². The molecule has 9 heteroatoms. The van der Waals surface area contributed by atoms with Crippen LogP contribution in [0, 0.1) is 6.92 Å². The summed E-state index contributed by atoms with van der Waals surface area (Å²) in [5, 5.41) is 8.64. The number of nitrogens with one attached hydrogen (secondary N) is 2. The monoisotopic (exact) mass is 392 g/mol. The Morgan fingerprint density at radius 1 is 1.35 bits per heavy atom. The predicted octanol–water partition coefficient (Wildman–Crippen LogP) is 2.94. The fourth-order valence-corrected chi connectivity index (χ4v) is 5.14. The van der Waals surface area contributed by atoms with Crippen molar-refractivity contribution in [2.75, 3.05) is 16.8 Å².